The molecule has 0 spiro atoms. The van der Waals surface area contributed by atoms with E-state index >= 15 is 0 Å². The monoisotopic (exact) mass is 673 g/mol. The molecule has 1 aliphatic heterocycles. The average Bonchev–Trinajstić information content (AvgIpc) is 2.99. The molecular formula is C34H48NO5PS2Si. The van der Waals surface area contributed by atoms with E-state index in [4.69, 9.17) is 25.9 Å². The van der Waals surface area contributed by atoms with Gasteiger partial charge in [-0.25, -0.2) is 4.79 Å². The number of thiocarbonyl (C=S) groups is 1. The number of rotatable bonds is 13. The zero-order valence-corrected chi connectivity index (χ0v) is 31.1. The minimum absolute atomic E-state index is 0.00216. The van der Waals surface area contributed by atoms with Crippen molar-refractivity contribution >= 4 is 71.5 Å². The first-order valence-electron chi connectivity index (χ1n) is 15.1. The summed E-state index contributed by atoms with van der Waals surface area (Å²) in [6, 6.07) is 19.0. The first kappa shape index (κ1) is 36.5. The van der Waals surface area contributed by atoms with Gasteiger partial charge in [0.25, 0.3) is 0 Å². The molecule has 0 N–H and O–H groups in total. The number of β-lactam (4-membered cyclic amide) rings is 1. The molecule has 0 aromatic heterocycles. The van der Waals surface area contributed by atoms with E-state index in [1.807, 2.05) is 87.7 Å². The van der Waals surface area contributed by atoms with Crippen LogP contribution in [0.3, 0.4) is 0 Å². The molecule has 2 aromatic rings. The largest absolute Gasteiger partial charge is 0.457 e. The number of ether oxygens (including phenoxy) is 1. The molecule has 0 saturated carbocycles. The molecule has 3 rings (SSSR count). The predicted octanol–water partition coefficient (Wildman–Crippen LogP) is 7.03. The highest BCUT2D eigenvalue weighted by Crippen LogP contribution is 2.52. The van der Waals surface area contributed by atoms with Gasteiger partial charge in [-0.15, -0.1) is 11.8 Å². The Kier molecular flexibility index (Phi) is 12.5. The van der Waals surface area contributed by atoms with Crippen molar-refractivity contribution in [3.05, 3.63) is 73.3 Å². The predicted molar refractivity (Wildman–Crippen MR) is 194 cm³/mol. The third-order valence-corrected chi connectivity index (χ3v) is 18.6. The molecule has 10 heteroatoms. The summed E-state index contributed by atoms with van der Waals surface area (Å²) < 4.78 is 20.2. The second-order valence-corrected chi connectivity index (χ2v) is 21.8. The number of esters is 1. The van der Waals surface area contributed by atoms with Crippen molar-refractivity contribution in [1.82, 2.24) is 4.90 Å². The lowest BCUT2D eigenvalue weighted by molar-refractivity contribution is -0.158. The highest BCUT2D eigenvalue weighted by Gasteiger charge is 2.59. The van der Waals surface area contributed by atoms with Crippen molar-refractivity contribution in [3.63, 3.8) is 0 Å². The normalized spacial score (nSPS) is 18.7. The fourth-order valence-corrected chi connectivity index (χ4v) is 11.2. The van der Waals surface area contributed by atoms with Gasteiger partial charge >= 0.3 is 5.97 Å². The SMILES string of the molecule is C=CCOC(=O)C(N1C(=O)[C@H]([C@@H](C)O[Si](C)(C)C(C)(C)C)[C@H]1[C@@H](C)C(=S)SC)=P(OCC)(c1ccccc1)c1ccccc1. The summed E-state index contributed by atoms with van der Waals surface area (Å²) in [7, 11) is -5.40. The molecule has 4 atom stereocenters. The fraction of sp³-hybridized carbons (Fsp3) is 0.471. The van der Waals surface area contributed by atoms with Gasteiger partial charge in [-0.1, -0.05) is 113 Å². The van der Waals surface area contributed by atoms with Crippen LogP contribution in [0.4, 0.5) is 0 Å². The smallest absolute Gasteiger partial charge is 0.358 e. The van der Waals surface area contributed by atoms with Crippen molar-refractivity contribution in [2.45, 2.75) is 71.8 Å². The first-order chi connectivity index (χ1) is 20.7. The summed E-state index contributed by atoms with van der Waals surface area (Å²) in [5, 5.41) is 1.60. The molecule has 0 unspecified atom stereocenters. The van der Waals surface area contributed by atoms with Crippen molar-refractivity contribution < 1.29 is 23.3 Å². The Balaban J connectivity index is 2.41. The Bertz CT molecular complexity index is 1350. The Morgan fingerprint density at radius 1 is 1.09 bits per heavy atom. The van der Waals surface area contributed by atoms with Gasteiger partial charge < -0.3 is 13.7 Å². The third-order valence-electron chi connectivity index (χ3n) is 8.67. The van der Waals surface area contributed by atoms with E-state index in [9.17, 15) is 9.59 Å². The van der Waals surface area contributed by atoms with Gasteiger partial charge in [0.2, 0.25) is 5.91 Å². The van der Waals surface area contributed by atoms with Crippen LogP contribution in [-0.4, -0.2) is 66.3 Å². The number of nitrogens with zero attached hydrogens (tertiary/aromatic N) is 1. The van der Waals surface area contributed by atoms with Gasteiger partial charge in [0, 0.05) is 23.1 Å². The first-order valence-corrected chi connectivity index (χ1v) is 21.3. The standard InChI is InChI=1S/C34H48NO5PS2Si/c1-11-23-38-32(37)31(41(39-12-2,26-19-15-13-16-20-26)27-21-17-14-18-22-27)35-29(24(3)33(42)43-8)28(30(35)36)25(4)40-44(9,10)34(5,6)7/h11,13-22,24-25,28-29H,1,12,23H2,2-10H3/t24-,25-,28-,29-/m1/s1. The number of amides is 1. The number of hydrogen-bond acceptors (Lipinski definition) is 7. The van der Waals surface area contributed by atoms with E-state index in [1.54, 1.807) is 4.90 Å². The van der Waals surface area contributed by atoms with Gasteiger partial charge in [-0.3, -0.25) is 9.69 Å². The van der Waals surface area contributed by atoms with Crippen LogP contribution in [-0.2, 0) is 23.3 Å². The summed E-state index contributed by atoms with van der Waals surface area (Å²) in [4.78, 5) is 30.7. The maximum Gasteiger partial charge on any atom is 0.358 e. The zero-order valence-electron chi connectivity index (χ0n) is 27.5. The lowest BCUT2D eigenvalue weighted by Crippen LogP contribution is -2.71. The molecule has 1 amide bonds. The summed E-state index contributed by atoms with van der Waals surface area (Å²) in [6.07, 6.45) is 3.10. The molecule has 2 aromatic carbocycles. The Labute approximate surface area is 275 Å². The Hall–Kier alpha value is -2.00. The number of hydrogen-bond donors (Lipinski definition) is 0. The topological polar surface area (TPSA) is 65.1 Å². The van der Waals surface area contributed by atoms with Crippen LogP contribution in [0.5, 0.6) is 0 Å². The second kappa shape index (κ2) is 15.1. The molecule has 1 fully saturated rings. The summed E-state index contributed by atoms with van der Waals surface area (Å²) >= 11 is 7.33. The van der Waals surface area contributed by atoms with Gasteiger partial charge in [-0.05, 0) is 38.2 Å². The molecule has 240 valence electrons. The Morgan fingerprint density at radius 3 is 2.05 bits per heavy atom. The van der Waals surface area contributed by atoms with E-state index < -0.39 is 33.4 Å². The lowest BCUT2D eigenvalue weighted by atomic mass is 9.77. The number of likely N-dealkylation sites (tertiary alicyclic amines) is 1. The number of benzene rings is 2. The zero-order chi connectivity index (χ0) is 32.9. The van der Waals surface area contributed by atoms with Crippen molar-refractivity contribution in [1.29, 1.82) is 0 Å². The molecule has 0 radical (unpaired) electrons. The average molecular weight is 674 g/mol. The van der Waals surface area contributed by atoms with Crippen molar-refractivity contribution in [2.24, 2.45) is 11.8 Å². The van der Waals surface area contributed by atoms with Crippen LogP contribution in [0.15, 0.2) is 73.3 Å². The van der Waals surface area contributed by atoms with Gasteiger partial charge in [0.1, 0.15) is 6.61 Å². The van der Waals surface area contributed by atoms with Crippen LogP contribution < -0.4 is 10.6 Å². The second-order valence-electron chi connectivity index (χ2n) is 12.5. The van der Waals surface area contributed by atoms with Gasteiger partial charge in [0.15, 0.2) is 13.7 Å². The highest BCUT2D eigenvalue weighted by molar-refractivity contribution is 8.22. The van der Waals surface area contributed by atoms with Crippen LogP contribution >= 0.6 is 31.1 Å². The van der Waals surface area contributed by atoms with Gasteiger partial charge in [-0.2, -0.15) is 0 Å². The van der Waals surface area contributed by atoms with E-state index in [0.29, 0.717) is 6.61 Å². The van der Waals surface area contributed by atoms with Crippen molar-refractivity contribution in [3.8, 4) is 0 Å². The van der Waals surface area contributed by atoms with E-state index in [1.165, 1.54) is 17.8 Å². The lowest BCUT2D eigenvalue weighted by Gasteiger charge is -2.54. The minimum atomic E-state index is -3.18. The highest BCUT2D eigenvalue weighted by atomic mass is 32.2. The van der Waals surface area contributed by atoms with Crippen LogP contribution in [0, 0.1) is 11.8 Å². The van der Waals surface area contributed by atoms with Crippen LogP contribution in [0.1, 0.15) is 41.5 Å². The van der Waals surface area contributed by atoms with Crippen molar-refractivity contribution in [2.75, 3.05) is 19.5 Å². The maximum absolute atomic E-state index is 14.6. The van der Waals surface area contributed by atoms with E-state index in [0.717, 1.165) is 14.8 Å². The molecular weight excluding hydrogens is 626 g/mol. The molecule has 1 heterocycles. The van der Waals surface area contributed by atoms with E-state index in [-0.39, 0.29) is 35.0 Å². The van der Waals surface area contributed by atoms with Crippen LogP contribution in [0.2, 0.25) is 18.1 Å². The molecule has 1 saturated heterocycles. The number of thioether (sulfide) groups is 1. The minimum Gasteiger partial charge on any atom is -0.457 e. The summed E-state index contributed by atoms with van der Waals surface area (Å²) in [5.74, 6) is -1.50. The number of carbonyl (C=O) groups excluding carboxylic acids is 2. The quantitative estimate of drug-likeness (QED) is 0.0565. The number of carbonyl (C=O) groups is 2. The molecule has 6 nitrogen and oxygen atoms in total. The van der Waals surface area contributed by atoms with Crippen LogP contribution in [0.25, 0.3) is 0 Å². The maximum atomic E-state index is 14.6. The molecule has 44 heavy (non-hydrogen) atoms. The molecule has 0 bridgehead atoms. The van der Waals surface area contributed by atoms with E-state index in [2.05, 4.69) is 40.4 Å². The summed E-state index contributed by atoms with van der Waals surface area (Å²) in [5.41, 5.74) is 0.222. The molecule has 0 aliphatic carbocycles. The van der Waals surface area contributed by atoms with Gasteiger partial charge in [0.05, 0.1) is 29.4 Å². The Morgan fingerprint density at radius 2 is 1.61 bits per heavy atom. The molecule has 1 aliphatic rings. The summed E-state index contributed by atoms with van der Waals surface area (Å²) in [6.45, 7) is 20.9. The third kappa shape index (κ3) is 7.19. The fourth-order valence-electron chi connectivity index (χ4n) is 5.48.